The van der Waals surface area contributed by atoms with Crippen LogP contribution in [0.1, 0.15) is 106 Å². The zero-order valence-electron chi connectivity index (χ0n) is 30.6. The van der Waals surface area contributed by atoms with Gasteiger partial charge in [0.2, 0.25) is 5.90 Å². The number of aryl methyl sites for hydroxylation is 1. The van der Waals surface area contributed by atoms with Gasteiger partial charge in [0.1, 0.15) is 29.5 Å². The van der Waals surface area contributed by atoms with Crippen LogP contribution in [0.15, 0.2) is 96.4 Å². The van der Waals surface area contributed by atoms with Crippen molar-refractivity contribution >= 4 is 23.1 Å². The molecular formula is C44H46N4O2. The molecule has 3 aromatic carbocycles. The van der Waals surface area contributed by atoms with E-state index in [1.165, 1.54) is 33.4 Å². The van der Waals surface area contributed by atoms with Gasteiger partial charge in [0.25, 0.3) is 0 Å². The van der Waals surface area contributed by atoms with Gasteiger partial charge in [-0.2, -0.15) is 0 Å². The largest absolute Gasteiger partial charge is 0.471 e. The van der Waals surface area contributed by atoms with Crippen LogP contribution in [0.2, 0.25) is 0 Å². The standard InChI is InChI=1S/C44H46N4O2/c1-26-17-31(48-37-15-13-30(43(5,6)7)22-36(37)44(8,9)35-11-10-16-46-40(35)48)23-32(18-26)49-33-20-28(24-45-25-33)41-47-39-34-14-12-29(42(2,3)4)19-27(34)21-38(39)50-41/h10-20,22-25,38-39H,21H2,1-9H3/t38-,39+/m0/s1. The summed E-state index contributed by atoms with van der Waals surface area (Å²) in [6.45, 7) is 20.3. The van der Waals surface area contributed by atoms with Crippen LogP contribution in [-0.2, 0) is 27.4 Å². The lowest BCUT2D eigenvalue weighted by Crippen LogP contribution is -2.32. The van der Waals surface area contributed by atoms with Crippen LogP contribution in [0, 0.1) is 6.92 Å². The van der Waals surface area contributed by atoms with Gasteiger partial charge in [-0.25, -0.2) is 9.98 Å². The van der Waals surface area contributed by atoms with Crippen molar-refractivity contribution in [2.24, 2.45) is 4.99 Å². The molecule has 0 amide bonds. The fraction of sp³-hybridized carbons (Fsp3) is 0.341. The quantitative estimate of drug-likeness (QED) is 0.192. The summed E-state index contributed by atoms with van der Waals surface area (Å²) in [5.41, 5.74) is 11.7. The summed E-state index contributed by atoms with van der Waals surface area (Å²) in [5, 5.41) is 0. The van der Waals surface area contributed by atoms with E-state index in [2.05, 4.69) is 133 Å². The average molecular weight is 663 g/mol. The van der Waals surface area contributed by atoms with Gasteiger partial charge in [0.05, 0.1) is 23.1 Å². The van der Waals surface area contributed by atoms with E-state index >= 15 is 0 Å². The molecule has 2 aliphatic heterocycles. The normalized spacial score (nSPS) is 18.8. The van der Waals surface area contributed by atoms with E-state index in [1.54, 1.807) is 12.4 Å². The first kappa shape index (κ1) is 32.2. The zero-order chi connectivity index (χ0) is 35.2. The lowest BCUT2D eigenvalue weighted by atomic mass is 9.72. The maximum atomic E-state index is 6.55. The first-order valence-electron chi connectivity index (χ1n) is 17.7. The summed E-state index contributed by atoms with van der Waals surface area (Å²) in [4.78, 5) is 16.8. The highest BCUT2D eigenvalue weighted by Crippen LogP contribution is 2.52. The molecule has 254 valence electrons. The van der Waals surface area contributed by atoms with Gasteiger partial charge in [-0.3, -0.25) is 9.88 Å². The fourth-order valence-electron chi connectivity index (χ4n) is 7.69. The van der Waals surface area contributed by atoms with Crippen LogP contribution >= 0.6 is 0 Å². The topological polar surface area (TPSA) is 59.8 Å². The van der Waals surface area contributed by atoms with Crippen molar-refractivity contribution in [3.05, 3.63) is 136 Å². The summed E-state index contributed by atoms with van der Waals surface area (Å²) in [7, 11) is 0. The highest BCUT2D eigenvalue weighted by atomic mass is 16.5. The van der Waals surface area contributed by atoms with Gasteiger partial charge in [-0.05, 0) is 81.5 Å². The van der Waals surface area contributed by atoms with Gasteiger partial charge in [-0.15, -0.1) is 0 Å². The van der Waals surface area contributed by atoms with Crippen LogP contribution in [0.25, 0.3) is 0 Å². The van der Waals surface area contributed by atoms with E-state index in [0.29, 0.717) is 11.6 Å². The Labute approximate surface area is 296 Å². The van der Waals surface area contributed by atoms with Crippen molar-refractivity contribution in [2.75, 3.05) is 4.90 Å². The Hall–Kier alpha value is -4.97. The third kappa shape index (κ3) is 5.46. The summed E-state index contributed by atoms with van der Waals surface area (Å²) in [6.07, 6.45) is 6.30. The van der Waals surface area contributed by atoms with Crippen LogP contribution < -0.4 is 9.64 Å². The molecule has 0 radical (unpaired) electrons. The van der Waals surface area contributed by atoms with Gasteiger partial charge in [-0.1, -0.05) is 91.8 Å². The Morgan fingerprint density at radius 3 is 2.36 bits per heavy atom. The Morgan fingerprint density at radius 1 is 0.820 bits per heavy atom. The molecule has 8 rings (SSSR count). The number of hydrogen-bond acceptors (Lipinski definition) is 6. The number of anilines is 3. The summed E-state index contributed by atoms with van der Waals surface area (Å²) >= 11 is 0. The lowest BCUT2D eigenvalue weighted by Gasteiger charge is -2.41. The van der Waals surface area contributed by atoms with Crippen molar-refractivity contribution in [3.8, 4) is 11.5 Å². The van der Waals surface area contributed by atoms with Crippen molar-refractivity contribution in [2.45, 2.75) is 97.1 Å². The molecule has 0 spiro atoms. The number of ether oxygens (including phenoxy) is 2. The average Bonchev–Trinajstić information content (AvgIpc) is 3.62. The number of benzene rings is 3. The Kier molecular flexibility index (Phi) is 7.27. The molecule has 2 aromatic heterocycles. The minimum absolute atomic E-state index is 0.00582. The first-order chi connectivity index (χ1) is 23.7. The van der Waals surface area contributed by atoms with Crippen LogP contribution in [0.5, 0.6) is 11.5 Å². The van der Waals surface area contributed by atoms with Crippen LogP contribution in [0.3, 0.4) is 0 Å². The number of aliphatic imine (C=N–C) groups is 1. The number of nitrogens with zero attached hydrogens (tertiary/aromatic N) is 4. The van der Waals surface area contributed by atoms with Gasteiger partial charge >= 0.3 is 0 Å². The summed E-state index contributed by atoms with van der Waals surface area (Å²) < 4.78 is 13.0. The number of rotatable bonds is 4. The number of hydrogen-bond donors (Lipinski definition) is 0. The predicted octanol–water partition coefficient (Wildman–Crippen LogP) is 10.7. The van der Waals surface area contributed by atoms with Crippen molar-refractivity contribution < 1.29 is 9.47 Å². The second-order valence-corrected chi connectivity index (χ2v) is 16.7. The molecule has 1 aliphatic carbocycles. The van der Waals surface area contributed by atoms with E-state index in [1.807, 2.05) is 18.3 Å². The third-order valence-electron chi connectivity index (χ3n) is 10.6. The molecule has 4 heterocycles. The van der Waals surface area contributed by atoms with E-state index in [4.69, 9.17) is 19.5 Å². The van der Waals surface area contributed by atoms with Crippen molar-refractivity contribution in [3.63, 3.8) is 0 Å². The molecule has 5 aromatic rings. The first-order valence-corrected chi connectivity index (χ1v) is 17.7. The fourth-order valence-corrected chi connectivity index (χ4v) is 7.69. The number of aromatic nitrogens is 2. The molecule has 6 nitrogen and oxygen atoms in total. The maximum absolute atomic E-state index is 6.55. The van der Waals surface area contributed by atoms with E-state index < -0.39 is 0 Å². The van der Waals surface area contributed by atoms with Crippen molar-refractivity contribution in [1.29, 1.82) is 0 Å². The molecule has 50 heavy (non-hydrogen) atoms. The monoisotopic (exact) mass is 662 g/mol. The van der Waals surface area contributed by atoms with Gasteiger partial charge < -0.3 is 9.47 Å². The third-order valence-corrected chi connectivity index (χ3v) is 10.6. The predicted molar refractivity (Wildman–Crippen MR) is 202 cm³/mol. The van der Waals surface area contributed by atoms with E-state index in [-0.39, 0.29) is 28.4 Å². The number of pyridine rings is 2. The molecule has 3 aliphatic rings. The molecule has 0 saturated carbocycles. The van der Waals surface area contributed by atoms with Crippen LogP contribution in [0.4, 0.5) is 17.2 Å². The minimum Gasteiger partial charge on any atom is -0.471 e. The van der Waals surface area contributed by atoms with E-state index in [9.17, 15) is 0 Å². The highest BCUT2D eigenvalue weighted by molar-refractivity contribution is 5.96. The molecule has 0 saturated heterocycles. The molecule has 0 N–H and O–H groups in total. The zero-order valence-corrected chi connectivity index (χ0v) is 30.6. The highest BCUT2D eigenvalue weighted by Gasteiger charge is 2.41. The van der Waals surface area contributed by atoms with E-state index in [0.717, 1.165) is 40.5 Å². The van der Waals surface area contributed by atoms with Crippen LogP contribution in [-0.4, -0.2) is 22.0 Å². The maximum Gasteiger partial charge on any atom is 0.218 e. The smallest absolute Gasteiger partial charge is 0.218 e. The van der Waals surface area contributed by atoms with Gasteiger partial charge in [0.15, 0.2) is 0 Å². The molecule has 0 fully saturated rings. The molecular weight excluding hydrogens is 617 g/mol. The second kappa shape index (κ2) is 11.3. The minimum atomic E-state index is -0.215. The Morgan fingerprint density at radius 2 is 1.58 bits per heavy atom. The Bertz CT molecular complexity index is 2190. The SMILES string of the molecule is Cc1cc(Oc2cncc(C3=N[C@@H]4c5ccc(C(C)(C)C)cc5C[C@@H]4O3)c2)cc(N2c3ccc(C(C)(C)C)cc3C(C)(C)c3cccnc32)c1. The summed E-state index contributed by atoms with van der Waals surface area (Å²) in [5.74, 6) is 2.92. The molecule has 6 heteroatoms. The van der Waals surface area contributed by atoms with Crippen molar-refractivity contribution in [1.82, 2.24) is 9.97 Å². The van der Waals surface area contributed by atoms with Gasteiger partial charge in [0, 0.05) is 35.9 Å². The molecule has 0 bridgehead atoms. The molecule has 2 atom stereocenters. The summed E-state index contributed by atoms with van der Waals surface area (Å²) in [6, 6.07) is 26.3. The Balaban J connectivity index is 1.11. The molecule has 0 unspecified atom stereocenters. The second-order valence-electron chi connectivity index (χ2n) is 16.7. The number of fused-ring (bicyclic) bond motifs is 5. The lowest BCUT2D eigenvalue weighted by molar-refractivity contribution is 0.206.